The second kappa shape index (κ2) is 13.7. The monoisotopic (exact) mass is 533 g/mol. The lowest BCUT2D eigenvalue weighted by Gasteiger charge is -2.11. The Kier molecular flexibility index (Phi) is 11.0. The Morgan fingerprint density at radius 1 is 1.14 bits per heavy atom. The molecule has 3 rings (SSSR count). The van der Waals surface area contributed by atoms with Crippen molar-refractivity contribution in [3.63, 3.8) is 0 Å². The summed E-state index contributed by atoms with van der Waals surface area (Å²) in [6, 6.07) is 11.4. The Morgan fingerprint density at radius 3 is 2.43 bits per heavy atom. The number of rotatable bonds is 9. The number of carbonyl (C=O) groups excluding carboxylic acids is 1. The second-order valence-electron chi connectivity index (χ2n) is 6.78. The molecule has 0 fully saturated rings. The number of carbonyl (C=O) groups is 1. The van der Waals surface area contributed by atoms with E-state index in [9.17, 15) is 13.8 Å². The highest BCUT2D eigenvalue weighted by Crippen LogP contribution is 2.27. The molecule has 0 spiro atoms. The topological polar surface area (TPSA) is 105 Å². The van der Waals surface area contributed by atoms with Gasteiger partial charge in [-0.3, -0.25) is 14.1 Å². The number of thioether (sulfide) groups is 1. The van der Waals surface area contributed by atoms with Gasteiger partial charge in [-0.05, 0) is 48.9 Å². The molecule has 1 heterocycles. The molecule has 3 N–H and O–H groups in total. The SMILES string of the molecule is C=C(Cl)SC(=C)S(=O)NC(=O)Nc1ccc(-n2cnc3cc(NCCC)ccc3c2=O)cc1.CC. The van der Waals surface area contributed by atoms with Gasteiger partial charge in [0, 0.05) is 17.9 Å². The molecule has 0 aliphatic rings. The number of anilines is 2. The Hall–Kier alpha value is -3.08. The van der Waals surface area contributed by atoms with Crippen LogP contribution >= 0.6 is 23.4 Å². The Balaban J connectivity index is 0.00000210. The van der Waals surface area contributed by atoms with Gasteiger partial charge in [-0.25, -0.2) is 14.0 Å². The number of hydrogen-bond acceptors (Lipinski definition) is 6. The summed E-state index contributed by atoms with van der Waals surface area (Å²) in [5, 5.41) is 6.35. The van der Waals surface area contributed by atoms with Crippen LogP contribution in [0.4, 0.5) is 16.2 Å². The van der Waals surface area contributed by atoms with E-state index in [0.717, 1.165) is 30.4 Å². The largest absolute Gasteiger partial charge is 0.385 e. The molecule has 0 aliphatic heterocycles. The van der Waals surface area contributed by atoms with E-state index in [1.165, 1.54) is 10.9 Å². The van der Waals surface area contributed by atoms with Gasteiger partial charge in [0.1, 0.15) is 6.33 Å². The molecule has 0 radical (unpaired) electrons. The van der Waals surface area contributed by atoms with Gasteiger partial charge < -0.3 is 10.6 Å². The van der Waals surface area contributed by atoms with Crippen molar-refractivity contribution in [2.45, 2.75) is 27.2 Å². The summed E-state index contributed by atoms with van der Waals surface area (Å²) in [7, 11) is -1.84. The molecule has 2 aromatic carbocycles. The highest BCUT2D eigenvalue weighted by atomic mass is 35.5. The van der Waals surface area contributed by atoms with Gasteiger partial charge in [0.25, 0.3) is 5.56 Å². The standard InChI is InChI=1S/C22H22ClN5O3S2.C2H6/c1-4-11-24-17-7-10-19-20(12-17)25-13-28(21(19)29)18-8-5-16(6-9-18)26-22(30)27-33(31)15(3)32-14(2)23;1-2/h5-10,12-13,24H,2-4,11H2,1H3,(H2,26,27,30);1-2H3. The van der Waals surface area contributed by atoms with Crippen LogP contribution in [0.1, 0.15) is 27.2 Å². The zero-order valence-electron chi connectivity index (χ0n) is 19.8. The average Bonchev–Trinajstić information content (AvgIpc) is 2.84. The van der Waals surface area contributed by atoms with Gasteiger partial charge in [-0.15, -0.1) is 0 Å². The molecule has 2 amide bonds. The minimum Gasteiger partial charge on any atom is -0.385 e. The molecule has 0 saturated heterocycles. The van der Waals surface area contributed by atoms with Crippen molar-refractivity contribution in [2.75, 3.05) is 17.2 Å². The van der Waals surface area contributed by atoms with E-state index < -0.39 is 17.0 Å². The Bertz CT molecular complexity index is 1290. The van der Waals surface area contributed by atoms with E-state index in [1.807, 2.05) is 26.0 Å². The van der Waals surface area contributed by atoms with Gasteiger partial charge in [-0.1, -0.05) is 57.3 Å². The number of benzene rings is 2. The van der Waals surface area contributed by atoms with E-state index in [-0.39, 0.29) is 14.2 Å². The second-order valence-corrected chi connectivity index (χ2v) is 10.1. The molecular formula is C24H28ClN5O3S2. The van der Waals surface area contributed by atoms with Crippen molar-refractivity contribution in [1.82, 2.24) is 14.3 Å². The van der Waals surface area contributed by atoms with Gasteiger partial charge in [0.2, 0.25) is 0 Å². The number of fused-ring (bicyclic) bond motifs is 1. The molecule has 1 aromatic heterocycles. The van der Waals surface area contributed by atoms with Gasteiger partial charge in [0.15, 0.2) is 11.0 Å². The fourth-order valence-electron chi connectivity index (χ4n) is 2.85. The van der Waals surface area contributed by atoms with Crippen LogP contribution in [0, 0.1) is 0 Å². The van der Waals surface area contributed by atoms with Crippen LogP contribution in [0.5, 0.6) is 0 Å². The lowest BCUT2D eigenvalue weighted by Crippen LogP contribution is -2.30. The third-order valence-electron chi connectivity index (χ3n) is 4.36. The molecule has 0 saturated carbocycles. The normalized spacial score (nSPS) is 11.1. The minimum absolute atomic E-state index is 0.150. The molecule has 8 nitrogen and oxygen atoms in total. The van der Waals surface area contributed by atoms with Crippen LogP contribution in [0.3, 0.4) is 0 Å². The summed E-state index contributed by atoms with van der Waals surface area (Å²) < 4.78 is 16.0. The summed E-state index contributed by atoms with van der Waals surface area (Å²) in [4.78, 5) is 29.4. The van der Waals surface area contributed by atoms with Gasteiger partial charge in [-0.2, -0.15) is 0 Å². The zero-order valence-corrected chi connectivity index (χ0v) is 22.1. The maximum Gasteiger partial charge on any atom is 0.331 e. The number of nitrogens with zero attached hydrogens (tertiary/aromatic N) is 2. The summed E-state index contributed by atoms with van der Waals surface area (Å²) in [5.41, 5.74) is 2.35. The number of halogens is 1. The van der Waals surface area contributed by atoms with E-state index in [0.29, 0.717) is 22.3 Å². The number of hydrogen-bond donors (Lipinski definition) is 3. The highest BCUT2D eigenvalue weighted by Gasteiger charge is 2.12. The minimum atomic E-state index is -1.84. The summed E-state index contributed by atoms with van der Waals surface area (Å²) in [6.07, 6.45) is 2.47. The van der Waals surface area contributed by atoms with E-state index >= 15 is 0 Å². The lowest BCUT2D eigenvalue weighted by molar-refractivity contribution is 0.257. The third kappa shape index (κ3) is 7.98. The maximum atomic E-state index is 12.9. The number of nitrogens with one attached hydrogen (secondary N) is 3. The Labute approximate surface area is 216 Å². The first-order chi connectivity index (χ1) is 16.8. The molecule has 1 unspecified atom stereocenters. The number of amides is 2. The summed E-state index contributed by atoms with van der Waals surface area (Å²) >= 11 is 6.54. The van der Waals surface area contributed by atoms with Crippen LogP contribution in [-0.2, 0) is 11.0 Å². The maximum absolute atomic E-state index is 12.9. The molecule has 1 atom stereocenters. The first-order valence-electron chi connectivity index (χ1n) is 10.8. The molecule has 0 bridgehead atoms. The quantitative estimate of drug-likeness (QED) is 0.314. The van der Waals surface area contributed by atoms with Crippen LogP contribution < -0.4 is 20.9 Å². The molecule has 186 valence electrons. The van der Waals surface area contributed by atoms with Gasteiger partial charge in [0.05, 0.1) is 25.2 Å². The van der Waals surface area contributed by atoms with Crippen LogP contribution in [-0.4, -0.2) is 26.3 Å². The van der Waals surface area contributed by atoms with E-state index in [2.05, 4.69) is 40.4 Å². The van der Waals surface area contributed by atoms with Crippen LogP contribution in [0.15, 0.2) is 75.3 Å². The molecule has 11 heteroatoms. The van der Waals surface area contributed by atoms with Crippen molar-refractivity contribution in [3.05, 3.63) is 80.9 Å². The predicted octanol–water partition coefficient (Wildman–Crippen LogP) is 5.93. The van der Waals surface area contributed by atoms with Crippen molar-refractivity contribution in [1.29, 1.82) is 0 Å². The van der Waals surface area contributed by atoms with Gasteiger partial charge >= 0.3 is 6.03 Å². The van der Waals surface area contributed by atoms with Crippen molar-refractivity contribution >= 4 is 62.7 Å². The molecule has 35 heavy (non-hydrogen) atoms. The smallest absolute Gasteiger partial charge is 0.331 e. The van der Waals surface area contributed by atoms with Crippen LogP contribution in [0.25, 0.3) is 16.6 Å². The van der Waals surface area contributed by atoms with E-state index in [1.54, 1.807) is 30.3 Å². The molecular weight excluding hydrogens is 506 g/mol. The summed E-state index contributed by atoms with van der Waals surface area (Å²) in [5.74, 6) is 0. The number of aromatic nitrogens is 2. The Morgan fingerprint density at radius 2 is 1.80 bits per heavy atom. The first-order valence-corrected chi connectivity index (χ1v) is 13.2. The first kappa shape index (κ1) is 28.2. The van der Waals surface area contributed by atoms with Crippen LogP contribution in [0.2, 0.25) is 0 Å². The molecule has 3 aromatic rings. The average molecular weight is 534 g/mol. The van der Waals surface area contributed by atoms with Crippen molar-refractivity contribution < 1.29 is 9.00 Å². The van der Waals surface area contributed by atoms with Crippen molar-refractivity contribution in [2.24, 2.45) is 0 Å². The zero-order chi connectivity index (χ0) is 26.0. The fraction of sp³-hybridized carbons (Fsp3) is 0.208. The third-order valence-corrected chi connectivity index (χ3v) is 6.53. The van der Waals surface area contributed by atoms with E-state index in [4.69, 9.17) is 11.6 Å². The summed E-state index contributed by atoms with van der Waals surface area (Å²) in [6.45, 7) is 14.0. The fourth-order valence-corrected chi connectivity index (χ4v) is 4.58. The lowest BCUT2D eigenvalue weighted by atomic mass is 10.2. The van der Waals surface area contributed by atoms with Crippen molar-refractivity contribution in [3.8, 4) is 5.69 Å². The predicted molar refractivity (Wildman–Crippen MR) is 149 cm³/mol. The molecule has 0 aliphatic carbocycles. The highest BCUT2D eigenvalue weighted by molar-refractivity contribution is 8.19. The number of urea groups is 1.